The minimum atomic E-state index is 0.423. The van der Waals surface area contributed by atoms with E-state index in [0.717, 1.165) is 59.7 Å². The van der Waals surface area contributed by atoms with Crippen LogP contribution in [0.1, 0.15) is 25.3 Å². The fourth-order valence-corrected chi connectivity index (χ4v) is 4.42. The first-order valence-electron chi connectivity index (χ1n) is 9.87. The number of rotatable bonds is 5. The summed E-state index contributed by atoms with van der Waals surface area (Å²) < 4.78 is 1.86. The van der Waals surface area contributed by atoms with Gasteiger partial charge in [-0.2, -0.15) is 5.10 Å². The fraction of sp³-hybridized carbons (Fsp3) is 0.450. The molecule has 2 aliphatic rings. The van der Waals surface area contributed by atoms with E-state index < -0.39 is 0 Å². The molecule has 3 heterocycles. The molecule has 5 rings (SSSR count). The molecule has 1 saturated carbocycles. The Labute approximate surface area is 179 Å². The van der Waals surface area contributed by atoms with Crippen LogP contribution in [0.2, 0.25) is 10.2 Å². The molecule has 0 amide bonds. The molecular formula is C20H23Cl2N7. The predicted molar refractivity (Wildman–Crippen MR) is 118 cm³/mol. The first kappa shape index (κ1) is 18.9. The Morgan fingerprint density at radius 3 is 2.69 bits per heavy atom. The van der Waals surface area contributed by atoms with Crippen LogP contribution in [0.3, 0.4) is 0 Å². The second-order valence-electron chi connectivity index (χ2n) is 8.06. The summed E-state index contributed by atoms with van der Waals surface area (Å²) in [7, 11) is 4.25. The van der Waals surface area contributed by atoms with E-state index in [9.17, 15) is 0 Å². The number of likely N-dealkylation sites (N-methyl/N-ethyl adjacent to an activating group) is 1. The van der Waals surface area contributed by atoms with E-state index in [2.05, 4.69) is 45.4 Å². The van der Waals surface area contributed by atoms with Gasteiger partial charge in [0.15, 0.2) is 5.15 Å². The number of hydrogen-bond donors (Lipinski definition) is 1. The number of anilines is 3. The zero-order valence-electron chi connectivity index (χ0n) is 16.4. The van der Waals surface area contributed by atoms with E-state index >= 15 is 0 Å². The van der Waals surface area contributed by atoms with Gasteiger partial charge >= 0.3 is 0 Å². The van der Waals surface area contributed by atoms with Crippen molar-refractivity contribution in [3.05, 3.63) is 34.7 Å². The van der Waals surface area contributed by atoms with E-state index in [0.29, 0.717) is 23.2 Å². The van der Waals surface area contributed by atoms with Gasteiger partial charge in [-0.1, -0.05) is 23.2 Å². The van der Waals surface area contributed by atoms with E-state index in [1.165, 1.54) is 0 Å². The molecule has 1 aliphatic heterocycles. The standard InChI is InChI=1S/C20H23Cl2N7/c1-27(2)14-5-6-28(11-14)18-8-16-12(7-15(18)21)9-23-20(25-16)26-17-10-24-29(19(17)22)13-3-4-13/h7-10,13-14H,3-6,11H2,1-2H3,(H,23,25,26). The Bertz CT molecular complexity index is 1060. The molecule has 1 unspecified atom stereocenters. The van der Waals surface area contributed by atoms with Gasteiger partial charge in [0.1, 0.15) is 0 Å². The zero-order chi connectivity index (χ0) is 20.1. The normalized spacial score (nSPS) is 19.5. The maximum Gasteiger partial charge on any atom is 0.227 e. The van der Waals surface area contributed by atoms with Gasteiger partial charge in [-0.25, -0.2) is 14.6 Å². The van der Waals surface area contributed by atoms with E-state index in [1.54, 1.807) is 12.4 Å². The van der Waals surface area contributed by atoms with Gasteiger partial charge in [0, 0.05) is 30.7 Å². The molecule has 0 bridgehead atoms. The fourth-order valence-electron chi connectivity index (χ4n) is 3.85. The highest BCUT2D eigenvalue weighted by Gasteiger charge is 2.28. The maximum absolute atomic E-state index is 6.58. The lowest BCUT2D eigenvalue weighted by atomic mass is 10.2. The summed E-state index contributed by atoms with van der Waals surface area (Å²) >= 11 is 13.0. The highest BCUT2D eigenvalue weighted by atomic mass is 35.5. The number of aromatic nitrogens is 4. The van der Waals surface area contributed by atoms with Crippen LogP contribution < -0.4 is 10.2 Å². The third-order valence-electron chi connectivity index (χ3n) is 5.76. The molecule has 3 aromatic rings. The lowest BCUT2D eigenvalue weighted by Crippen LogP contribution is -2.31. The maximum atomic E-state index is 6.58. The van der Waals surface area contributed by atoms with Crippen LogP contribution in [0.25, 0.3) is 10.9 Å². The average Bonchev–Trinajstić information content (AvgIpc) is 3.29. The highest BCUT2D eigenvalue weighted by molar-refractivity contribution is 6.34. The van der Waals surface area contributed by atoms with Crippen molar-refractivity contribution in [2.24, 2.45) is 0 Å². The summed E-state index contributed by atoms with van der Waals surface area (Å²) in [6.45, 7) is 1.95. The predicted octanol–water partition coefficient (Wildman–Crippen LogP) is 4.35. The Kier molecular flexibility index (Phi) is 4.76. The van der Waals surface area contributed by atoms with Crippen LogP contribution in [0.5, 0.6) is 0 Å². The molecule has 1 N–H and O–H groups in total. The molecule has 9 heteroatoms. The quantitative estimate of drug-likeness (QED) is 0.647. The molecule has 0 radical (unpaired) electrons. The largest absolute Gasteiger partial charge is 0.369 e. The van der Waals surface area contributed by atoms with Crippen LogP contribution in [0.15, 0.2) is 24.5 Å². The van der Waals surface area contributed by atoms with Gasteiger partial charge < -0.3 is 15.1 Å². The number of nitrogens with one attached hydrogen (secondary N) is 1. The summed E-state index contributed by atoms with van der Waals surface area (Å²) in [5, 5.41) is 9.81. The summed E-state index contributed by atoms with van der Waals surface area (Å²) in [6.07, 6.45) is 6.89. The summed E-state index contributed by atoms with van der Waals surface area (Å²) in [4.78, 5) is 13.7. The minimum Gasteiger partial charge on any atom is -0.369 e. The smallest absolute Gasteiger partial charge is 0.227 e. The first-order chi connectivity index (χ1) is 14.0. The lowest BCUT2D eigenvalue weighted by molar-refractivity contribution is 0.315. The van der Waals surface area contributed by atoms with E-state index in [1.807, 2.05) is 10.7 Å². The van der Waals surface area contributed by atoms with Crippen LogP contribution in [0, 0.1) is 0 Å². The number of fused-ring (bicyclic) bond motifs is 1. The SMILES string of the molecule is CN(C)C1CCN(c2cc3nc(Nc4cnn(C5CC5)c4Cl)ncc3cc2Cl)C1. The van der Waals surface area contributed by atoms with Crippen LogP contribution in [-0.2, 0) is 0 Å². The van der Waals surface area contributed by atoms with E-state index in [4.69, 9.17) is 28.2 Å². The molecule has 1 aromatic carbocycles. The Hall–Kier alpha value is -2.09. The third kappa shape index (κ3) is 3.63. The molecule has 1 atom stereocenters. The van der Waals surface area contributed by atoms with Crippen molar-refractivity contribution in [3.8, 4) is 0 Å². The molecular weight excluding hydrogens is 409 g/mol. The minimum absolute atomic E-state index is 0.423. The van der Waals surface area contributed by atoms with Gasteiger partial charge in [-0.05, 0) is 45.5 Å². The summed E-state index contributed by atoms with van der Waals surface area (Å²) in [6, 6.07) is 4.95. The van der Waals surface area contributed by atoms with Crippen LogP contribution >= 0.6 is 23.2 Å². The second kappa shape index (κ2) is 7.31. The van der Waals surface area contributed by atoms with Crippen molar-refractivity contribution in [3.63, 3.8) is 0 Å². The zero-order valence-corrected chi connectivity index (χ0v) is 18.0. The molecule has 2 aromatic heterocycles. The van der Waals surface area contributed by atoms with Crippen LogP contribution in [0.4, 0.5) is 17.3 Å². The number of halogens is 2. The summed E-state index contributed by atoms with van der Waals surface area (Å²) in [5.41, 5.74) is 2.59. The first-order valence-corrected chi connectivity index (χ1v) is 10.6. The summed E-state index contributed by atoms with van der Waals surface area (Å²) in [5.74, 6) is 0.496. The molecule has 152 valence electrons. The van der Waals surface area contributed by atoms with Gasteiger partial charge in [0.2, 0.25) is 5.95 Å². The molecule has 2 fully saturated rings. The highest BCUT2D eigenvalue weighted by Crippen LogP contribution is 2.39. The molecule has 0 spiro atoms. The van der Waals surface area contributed by atoms with Crippen molar-refractivity contribution in [2.75, 3.05) is 37.4 Å². The molecule has 1 saturated heterocycles. The number of benzene rings is 1. The van der Waals surface area contributed by atoms with E-state index in [-0.39, 0.29) is 0 Å². The molecule has 1 aliphatic carbocycles. The Morgan fingerprint density at radius 1 is 1.14 bits per heavy atom. The second-order valence-corrected chi connectivity index (χ2v) is 8.82. The van der Waals surface area contributed by atoms with Crippen molar-refractivity contribution >= 4 is 51.4 Å². The van der Waals surface area contributed by atoms with Gasteiger partial charge in [-0.15, -0.1) is 0 Å². The average molecular weight is 432 g/mol. The Balaban J connectivity index is 1.43. The number of hydrogen-bond acceptors (Lipinski definition) is 6. The van der Waals surface area contributed by atoms with Gasteiger partial charge in [0.25, 0.3) is 0 Å². The van der Waals surface area contributed by atoms with Crippen LogP contribution in [-0.4, -0.2) is 57.9 Å². The van der Waals surface area contributed by atoms with Gasteiger partial charge in [-0.3, -0.25) is 0 Å². The molecule has 7 nitrogen and oxygen atoms in total. The van der Waals surface area contributed by atoms with Crippen molar-refractivity contribution in [2.45, 2.75) is 31.3 Å². The Morgan fingerprint density at radius 2 is 1.97 bits per heavy atom. The van der Waals surface area contributed by atoms with Crippen molar-refractivity contribution < 1.29 is 0 Å². The van der Waals surface area contributed by atoms with Crippen molar-refractivity contribution in [1.82, 2.24) is 24.6 Å². The lowest BCUT2D eigenvalue weighted by Gasteiger charge is -2.23. The monoisotopic (exact) mass is 431 g/mol. The molecule has 29 heavy (non-hydrogen) atoms. The number of nitrogens with zero attached hydrogens (tertiary/aromatic N) is 6. The third-order valence-corrected chi connectivity index (χ3v) is 6.44. The van der Waals surface area contributed by atoms with Crippen molar-refractivity contribution in [1.29, 1.82) is 0 Å². The van der Waals surface area contributed by atoms with Gasteiger partial charge in [0.05, 0.1) is 34.2 Å². The topological polar surface area (TPSA) is 62.1 Å².